The Morgan fingerprint density at radius 1 is 1.47 bits per heavy atom. The van der Waals surface area contributed by atoms with E-state index in [-0.39, 0.29) is 18.0 Å². The van der Waals surface area contributed by atoms with E-state index in [1.807, 2.05) is 0 Å². The highest BCUT2D eigenvalue weighted by Crippen LogP contribution is 2.18. The third-order valence-corrected chi connectivity index (χ3v) is 2.42. The standard InChI is InChI=1S/C11H13N5O3/c1-3-19-11(18)8-6(2)15-16-9(8)14-10(17)7-4-12-13-5-7/h4-5H,3H2,1-2H3,(H,12,13)(H2,14,15,16,17). The smallest absolute Gasteiger partial charge is 0.343 e. The lowest BCUT2D eigenvalue weighted by molar-refractivity contribution is 0.0527. The number of aromatic amines is 2. The van der Waals surface area contributed by atoms with E-state index in [1.54, 1.807) is 13.8 Å². The molecule has 8 nitrogen and oxygen atoms in total. The topological polar surface area (TPSA) is 113 Å². The normalized spacial score (nSPS) is 10.2. The van der Waals surface area contributed by atoms with Crippen molar-refractivity contribution in [3.05, 3.63) is 29.2 Å². The minimum absolute atomic E-state index is 0.141. The summed E-state index contributed by atoms with van der Waals surface area (Å²) in [6, 6.07) is 0. The van der Waals surface area contributed by atoms with E-state index in [0.29, 0.717) is 11.3 Å². The van der Waals surface area contributed by atoms with Gasteiger partial charge < -0.3 is 10.1 Å². The fraction of sp³-hybridized carbons (Fsp3) is 0.273. The van der Waals surface area contributed by atoms with Crippen LogP contribution in [-0.4, -0.2) is 38.9 Å². The van der Waals surface area contributed by atoms with Gasteiger partial charge in [0, 0.05) is 11.9 Å². The van der Waals surface area contributed by atoms with Gasteiger partial charge in [-0.1, -0.05) is 0 Å². The van der Waals surface area contributed by atoms with Gasteiger partial charge in [0.2, 0.25) is 0 Å². The Kier molecular flexibility index (Phi) is 3.60. The first-order valence-electron chi connectivity index (χ1n) is 5.65. The molecule has 2 aromatic rings. The molecule has 0 fully saturated rings. The molecule has 0 saturated carbocycles. The zero-order valence-electron chi connectivity index (χ0n) is 10.5. The number of nitrogens with one attached hydrogen (secondary N) is 3. The number of hydrogen-bond donors (Lipinski definition) is 3. The van der Waals surface area contributed by atoms with Gasteiger partial charge in [-0.25, -0.2) is 4.79 Å². The first-order valence-corrected chi connectivity index (χ1v) is 5.65. The number of nitrogens with zero attached hydrogens (tertiary/aromatic N) is 2. The molecule has 0 aromatic carbocycles. The number of carbonyl (C=O) groups is 2. The molecular weight excluding hydrogens is 250 g/mol. The Morgan fingerprint density at radius 2 is 2.26 bits per heavy atom. The van der Waals surface area contributed by atoms with Crippen LogP contribution in [0.4, 0.5) is 5.82 Å². The number of hydrogen-bond acceptors (Lipinski definition) is 5. The van der Waals surface area contributed by atoms with Crippen LogP contribution in [0.1, 0.15) is 33.3 Å². The maximum absolute atomic E-state index is 11.8. The lowest BCUT2D eigenvalue weighted by Crippen LogP contribution is -2.15. The Bertz CT molecular complexity index is 588. The molecule has 0 saturated heterocycles. The van der Waals surface area contributed by atoms with Crippen molar-refractivity contribution in [3.63, 3.8) is 0 Å². The molecule has 0 aliphatic rings. The molecular formula is C11H13N5O3. The largest absolute Gasteiger partial charge is 0.462 e. The first kappa shape index (κ1) is 12.8. The molecule has 3 N–H and O–H groups in total. The minimum Gasteiger partial charge on any atom is -0.462 e. The number of rotatable bonds is 4. The quantitative estimate of drug-likeness (QED) is 0.708. The van der Waals surface area contributed by atoms with Gasteiger partial charge in [-0.05, 0) is 13.8 Å². The van der Waals surface area contributed by atoms with Crippen molar-refractivity contribution in [3.8, 4) is 0 Å². The number of carbonyl (C=O) groups excluding carboxylic acids is 2. The molecule has 0 unspecified atom stereocenters. The van der Waals surface area contributed by atoms with Crippen molar-refractivity contribution < 1.29 is 14.3 Å². The van der Waals surface area contributed by atoms with E-state index in [2.05, 4.69) is 25.7 Å². The predicted molar refractivity (Wildman–Crippen MR) is 65.8 cm³/mol. The van der Waals surface area contributed by atoms with Crippen LogP contribution < -0.4 is 5.32 Å². The van der Waals surface area contributed by atoms with Crippen LogP contribution in [0, 0.1) is 6.92 Å². The summed E-state index contributed by atoms with van der Waals surface area (Å²) in [5.41, 5.74) is 1.09. The van der Waals surface area contributed by atoms with Crippen LogP contribution in [0.3, 0.4) is 0 Å². The zero-order valence-corrected chi connectivity index (χ0v) is 10.5. The number of aryl methyl sites for hydroxylation is 1. The highest BCUT2D eigenvalue weighted by molar-refractivity contribution is 6.07. The summed E-state index contributed by atoms with van der Waals surface area (Å²) in [6.45, 7) is 3.63. The second-order valence-electron chi connectivity index (χ2n) is 3.73. The van der Waals surface area contributed by atoms with Gasteiger partial charge in [0.1, 0.15) is 5.56 Å². The van der Waals surface area contributed by atoms with Crippen molar-refractivity contribution in [2.75, 3.05) is 11.9 Å². The molecule has 8 heteroatoms. The van der Waals surface area contributed by atoms with Gasteiger partial charge >= 0.3 is 5.97 Å². The molecule has 0 aliphatic carbocycles. The van der Waals surface area contributed by atoms with Crippen LogP contribution in [0.2, 0.25) is 0 Å². The van der Waals surface area contributed by atoms with Gasteiger partial charge in [-0.2, -0.15) is 10.2 Å². The second-order valence-corrected chi connectivity index (χ2v) is 3.73. The fourth-order valence-corrected chi connectivity index (χ4v) is 1.53. The van der Waals surface area contributed by atoms with E-state index < -0.39 is 11.9 Å². The Hall–Kier alpha value is -2.64. The number of H-pyrrole nitrogens is 2. The summed E-state index contributed by atoms with van der Waals surface area (Å²) in [5, 5.41) is 15.2. The minimum atomic E-state index is -0.531. The average Bonchev–Trinajstić information content (AvgIpc) is 2.99. The molecule has 19 heavy (non-hydrogen) atoms. The lowest BCUT2D eigenvalue weighted by Gasteiger charge is -2.04. The Balaban J connectivity index is 2.21. The summed E-state index contributed by atoms with van der Waals surface area (Å²) in [5.74, 6) is -0.802. The van der Waals surface area contributed by atoms with Crippen LogP contribution in [0.25, 0.3) is 0 Å². The molecule has 0 aliphatic heterocycles. The van der Waals surface area contributed by atoms with Crippen molar-refractivity contribution in [2.24, 2.45) is 0 Å². The highest BCUT2D eigenvalue weighted by Gasteiger charge is 2.21. The third kappa shape index (κ3) is 2.62. The number of amides is 1. The van der Waals surface area contributed by atoms with E-state index in [9.17, 15) is 9.59 Å². The maximum Gasteiger partial charge on any atom is 0.343 e. The lowest BCUT2D eigenvalue weighted by atomic mass is 10.2. The van der Waals surface area contributed by atoms with Crippen molar-refractivity contribution in [1.29, 1.82) is 0 Å². The molecule has 1 amide bonds. The predicted octanol–water partition coefficient (Wildman–Crippen LogP) is 0.870. The summed E-state index contributed by atoms with van der Waals surface area (Å²) in [6.07, 6.45) is 2.82. The summed E-state index contributed by atoms with van der Waals surface area (Å²) >= 11 is 0. The SMILES string of the molecule is CCOC(=O)c1c(NC(=O)c2cn[nH]c2)n[nH]c1C. The van der Waals surface area contributed by atoms with E-state index >= 15 is 0 Å². The number of anilines is 1. The number of aromatic nitrogens is 4. The van der Waals surface area contributed by atoms with Crippen LogP contribution in [0.15, 0.2) is 12.4 Å². The summed E-state index contributed by atoms with van der Waals surface area (Å²) in [7, 11) is 0. The zero-order chi connectivity index (χ0) is 13.8. The molecule has 2 aromatic heterocycles. The Morgan fingerprint density at radius 3 is 2.89 bits per heavy atom. The molecule has 0 spiro atoms. The van der Waals surface area contributed by atoms with E-state index in [4.69, 9.17) is 4.74 Å². The second kappa shape index (κ2) is 5.34. The first-order chi connectivity index (χ1) is 9.13. The number of esters is 1. The monoisotopic (exact) mass is 263 g/mol. The van der Waals surface area contributed by atoms with Crippen molar-refractivity contribution >= 4 is 17.7 Å². The average molecular weight is 263 g/mol. The fourth-order valence-electron chi connectivity index (χ4n) is 1.53. The summed E-state index contributed by atoms with van der Waals surface area (Å²) < 4.78 is 4.91. The molecule has 0 bridgehead atoms. The van der Waals surface area contributed by atoms with E-state index in [1.165, 1.54) is 12.4 Å². The maximum atomic E-state index is 11.8. The molecule has 0 radical (unpaired) electrons. The van der Waals surface area contributed by atoms with Gasteiger partial charge in [0.15, 0.2) is 5.82 Å². The third-order valence-electron chi connectivity index (χ3n) is 2.42. The molecule has 2 heterocycles. The van der Waals surface area contributed by atoms with Crippen LogP contribution in [-0.2, 0) is 4.74 Å². The van der Waals surface area contributed by atoms with Gasteiger partial charge in [0.25, 0.3) is 5.91 Å². The van der Waals surface area contributed by atoms with Crippen LogP contribution in [0.5, 0.6) is 0 Å². The molecule has 2 rings (SSSR count). The van der Waals surface area contributed by atoms with Crippen LogP contribution >= 0.6 is 0 Å². The van der Waals surface area contributed by atoms with Gasteiger partial charge in [0.05, 0.1) is 18.4 Å². The molecule has 0 atom stereocenters. The van der Waals surface area contributed by atoms with Crippen molar-refractivity contribution in [2.45, 2.75) is 13.8 Å². The number of ether oxygens (including phenoxy) is 1. The highest BCUT2D eigenvalue weighted by atomic mass is 16.5. The Labute approximate surface area is 108 Å². The van der Waals surface area contributed by atoms with Gasteiger partial charge in [-0.3, -0.25) is 15.0 Å². The van der Waals surface area contributed by atoms with E-state index in [0.717, 1.165) is 0 Å². The van der Waals surface area contributed by atoms with Crippen molar-refractivity contribution in [1.82, 2.24) is 20.4 Å². The van der Waals surface area contributed by atoms with Gasteiger partial charge in [-0.15, -0.1) is 0 Å². The molecule has 100 valence electrons. The summed E-state index contributed by atoms with van der Waals surface area (Å²) in [4.78, 5) is 23.6.